The highest BCUT2D eigenvalue weighted by Gasteiger charge is 2.35. The highest BCUT2D eigenvalue weighted by molar-refractivity contribution is 6.01. The number of benzene rings is 1. The summed E-state index contributed by atoms with van der Waals surface area (Å²) in [6, 6.07) is 4.57. The van der Waals surface area contributed by atoms with Crippen LogP contribution in [0.4, 0.5) is 10.5 Å². The van der Waals surface area contributed by atoms with Gasteiger partial charge in [0.05, 0.1) is 23.9 Å². The Morgan fingerprint density at radius 1 is 1.20 bits per heavy atom. The summed E-state index contributed by atoms with van der Waals surface area (Å²) < 4.78 is 6.58. The molecule has 1 aliphatic heterocycles. The van der Waals surface area contributed by atoms with E-state index in [0.29, 0.717) is 29.5 Å². The number of rotatable bonds is 8. The van der Waals surface area contributed by atoms with Crippen LogP contribution in [0.5, 0.6) is 5.75 Å². The Kier molecular flexibility index (Phi) is 9.80. The van der Waals surface area contributed by atoms with Gasteiger partial charge in [-0.2, -0.15) is 0 Å². The molecule has 1 aromatic rings. The summed E-state index contributed by atoms with van der Waals surface area (Å²) in [5, 5.41) is 15.6. The van der Waals surface area contributed by atoms with Crippen molar-refractivity contribution >= 4 is 17.6 Å². The number of carbonyl (C=O) groups excluding carboxylic acids is 2. The third-order valence-corrected chi connectivity index (χ3v) is 7.15. The first kappa shape index (κ1) is 27.3. The standard InChI is InChI=1S/C27H44N4O4/c1-18(2)28-27(34)29-23-13-9-12-22-25(23)35-24(16-30(5)15-21-10-7-6-8-11-21)19(3)14-31(26(22)33)20(4)17-32/h9,12-13,18-21,24,32H,6-8,10-11,14-17H2,1-5H3,(H2,28,29,34)/t19-,20+,24+/m1/s1. The molecule has 0 saturated heterocycles. The number of anilines is 1. The normalized spacial score (nSPS) is 22.3. The first-order valence-electron chi connectivity index (χ1n) is 13.2. The fourth-order valence-electron chi connectivity index (χ4n) is 5.17. The van der Waals surface area contributed by atoms with Crippen LogP contribution >= 0.6 is 0 Å². The zero-order valence-corrected chi connectivity index (χ0v) is 22.0. The fourth-order valence-corrected chi connectivity index (χ4v) is 5.17. The highest BCUT2D eigenvalue weighted by atomic mass is 16.5. The number of fused-ring (bicyclic) bond motifs is 1. The maximum absolute atomic E-state index is 13.5. The topological polar surface area (TPSA) is 94.1 Å². The Bertz CT molecular complexity index is 856. The molecule has 3 amide bonds. The van der Waals surface area contributed by atoms with Crippen molar-refractivity contribution in [1.82, 2.24) is 15.1 Å². The summed E-state index contributed by atoms with van der Waals surface area (Å²) in [4.78, 5) is 30.1. The number of ether oxygens (including phenoxy) is 1. The van der Waals surface area contributed by atoms with Gasteiger partial charge in [-0.15, -0.1) is 0 Å². The second-order valence-corrected chi connectivity index (χ2v) is 10.8. The molecule has 1 fully saturated rings. The predicted octanol–water partition coefficient (Wildman–Crippen LogP) is 3.95. The molecule has 1 saturated carbocycles. The maximum atomic E-state index is 13.5. The molecule has 0 radical (unpaired) electrons. The predicted molar refractivity (Wildman–Crippen MR) is 139 cm³/mol. The van der Waals surface area contributed by atoms with Crippen molar-refractivity contribution in [1.29, 1.82) is 0 Å². The van der Waals surface area contributed by atoms with Crippen molar-refractivity contribution < 1.29 is 19.4 Å². The molecule has 0 unspecified atom stereocenters. The van der Waals surface area contributed by atoms with Gasteiger partial charge in [0.25, 0.3) is 5.91 Å². The molecule has 3 atom stereocenters. The largest absolute Gasteiger partial charge is 0.486 e. The van der Waals surface area contributed by atoms with Crippen molar-refractivity contribution in [2.24, 2.45) is 11.8 Å². The van der Waals surface area contributed by atoms with Crippen molar-refractivity contribution in [2.45, 2.75) is 78.0 Å². The average molecular weight is 489 g/mol. The minimum absolute atomic E-state index is 0.0230. The van der Waals surface area contributed by atoms with Gasteiger partial charge in [-0.3, -0.25) is 4.79 Å². The first-order valence-corrected chi connectivity index (χ1v) is 13.2. The van der Waals surface area contributed by atoms with Gasteiger partial charge in [-0.05, 0) is 58.7 Å². The Morgan fingerprint density at radius 2 is 1.91 bits per heavy atom. The number of para-hydroxylation sites is 1. The molecule has 3 N–H and O–H groups in total. The minimum Gasteiger partial charge on any atom is -0.486 e. The number of hydrogen-bond acceptors (Lipinski definition) is 5. The number of likely N-dealkylation sites (N-methyl/N-ethyl adjacent to an activating group) is 1. The van der Waals surface area contributed by atoms with Crippen LogP contribution < -0.4 is 15.4 Å². The lowest BCUT2D eigenvalue weighted by Gasteiger charge is -2.39. The maximum Gasteiger partial charge on any atom is 0.319 e. The molecule has 2 aliphatic rings. The molecule has 0 aromatic heterocycles. The lowest BCUT2D eigenvalue weighted by Crippen LogP contribution is -2.50. The van der Waals surface area contributed by atoms with Gasteiger partial charge >= 0.3 is 6.03 Å². The van der Waals surface area contributed by atoms with Gasteiger partial charge in [-0.25, -0.2) is 4.79 Å². The van der Waals surface area contributed by atoms with Crippen LogP contribution in [0.25, 0.3) is 0 Å². The summed E-state index contributed by atoms with van der Waals surface area (Å²) >= 11 is 0. The number of urea groups is 1. The van der Waals surface area contributed by atoms with Crippen molar-refractivity contribution in [3.05, 3.63) is 23.8 Å². The van der Waals surface area contributed by atoms with Crippen LogP contribution in [-0.4, -0.2) is 78.3 Å². The molecule has 0 bridgehead atoms. The monoisotopic (exact) mass is 488 g/mol. The smallest absolute Gasteiger partial charge is 0.319 e. The van der Waals surface area contributed by atoms with E-state index in [0.717, 1.165) is 13.1 Å². The number of nitrogens with zero attached hydrogens (tertiary/aromatic N) is 2. The first-order chi connectivity index (χ1) is 16.7. The summed E-state index contributed by atoms with van der Waals surface area (Å²) in [6.07, 6.45) is 6.34. The third-order valence-electron chi connectivity index (χ3n) is 7.15. The van der Waals surface area contributed by atoms with E-state index < -0.39 is 0 Å². The second kappa shape index (κ2) is 12.6. The van der Waals surface area contributed by atoms with Gasteiger partial charge in [0.2, 0.25) is 0 Å². The molecule has 8 heteroatoms. The van der Waals surface area contributed by atoms with Gasteiger partial charge in [0.1, 0.15) is 6.10 Å². The van der Waals surface area contributed by atoms with Crippen molar-refractivity contribution in [3.63, 3.8) is 0 Å². The summed E-state index contributed by atoms with van der Waals surface area (Å²) in [7, 11) is 2.14. The number of carbonyl (C=O) groups is 2. The van der Waals surface area contributed by atoms with Gasteiger partial charge in [0, 0.05) is 31.6 Å². The van der Waals surface area contributed by atoms with E-state index in [1.165, 1.54) is 32.1 Å². The van der Waals surface area contributed by atoms with E-state index in [9.17, 15) is 14.7 Å². The SMILES string of the molecule is CC(C)NC(=O)Nc1cccc2c1O[C@@H](CN(C)CC1CCCCC1)[C@H](C)CN([C@@H](C)CO)C2=O. The lowest BCUT2D eigenvalue weighted by molar-refractivity contribution is 0.0333. The molecule has 1 aliphatic carbocycles. The average Bonchev–Trinajstić information content (AvgIpc) is 2.81. The van der Waals surface area contributed by atoms with Crippen LogP contribution in [0.15, 0.2) is 18.2 Å². The zero-order valence-electron chi connectivity index (χ0n) is 22.0. The number of aliphatic hydroxyl groups is 1. The Balaban J connectivity index is 1.90. The van der Waals surface area contributed by atoms with Crippen LogP contribution in [-0.2, 0) is 0 Å². The van der Waals surface area contributed by atoms with E-state index in [1.807, 2.05) is 20.8 Å². The fraction of sp³-hybridized carbons (Fsp3) is 0.704. The van der Waals surface area contributed by atoms with E-state index in [4.69, 9.17) is 4.74 Å². The number of hydrogen-bond donors (Lipinski definition) is 3. The second-order valence-electron chi connectivity index (χ2n) is 10.8. The molecule has 196 valence electrons. The van der Waals surface area contributed by atoms with Crippen LogP contribution in [0, 0.1) is 11.8 Å². The third kappa shape index (κ3) is 7.34. The Labute approximate surface area is 210 Å². The molecule has 3 rings (SSSR count). The number of aliphatic hydroxyl groups excluding tert-OH is 1. The van der Waals surface area contributed by atoms with E-state index >= 15 is 0 Å². The van der Waals surface area contributed by atoms with Crippen LogP contribution in [0.1, 0.15) is 70.2 Å². The molecule has 0 spiro atoms. The quantitative estimate of drug-likeness (QED) is 0.515. The molecule has 8 nitrogen and oxygen atoms in total. The van der Waals surface area contributed by atoms with E-state index in [1.54, 1.807) is 23.1 Å². The summed E-state index contributed by atoms with van der Waals surface area (Å²) in [6.45, 7) is 9.87. The molecular formula is C27H44N4O4. The Hall–Kier alpha value is -2.32. The van der Waals surface area contributed by atoms with Crippen LogP contribution in [0.3, 0.4) is 0 Å². The molecule has 1 aromatic carbocycles. The van der Waals surface area contributed by atoms with Crippen molar-refractivity contribution in [2.75, 3.05) is 38.6 Å². The number of amides is 3. The number of nitrogens with one attached hydrogen (secondary N) is 2. The van der Waals surface area contributed by atoms with Crippen molar-refractivity contribution in [3.8, 4) is 5.75 Å². The van der Waals surface area contributed by atoms with Gasteiger partial charge in [-0.1, -0.05) is 32.3 Å². The van der Waals surface area contributed by atoms with Gasteiger partial charge < -0.3 is 30.3 Å². The van der Waals surface area contributed by atoms with Gasteiger partial charge in [0.15, 0.2) is 5.75 Å². The zero-order chi connectivity index (χ0) is 25.5. The lowest BCUT2D eigenvalue weighted by atomic mass is 9.89. The minimum atomic E-state index is -0.342. The van der Waals surface area contributed by atoms with Crippen LogP contribution in [0.2, 0.25) is 0 Å². The molecular weight excluding hydrogens is 444 g/mol. The van der Waals surface area contributed by atoms with E-state index in [-0.39, 0.29) is 42.7 Å². The Morgan fingerprint density at radius 3 is 2.57 bits per heavy atom. The summed E-state index contributed by atoms with van der Waals surface area (Å²) in [5.74, 6) is 0.950. The van der Waals surface area contributed by atoms with E-state index in [2.05, 4.69) is 29.5 Å². The summed E-state index contributed by atoms with van der Waals surface area (Å²) in [5.41, 5.74) is 0.874. The molecule has 1 heterocycles. The highest BCUT2D eigenvalue weighted by Crippen LogP contribution is 2.35. The molecule has 35 heavy (non-hydrogen) atoms.